The van der Waals surface area contributed by atoms with Crippen LogP contribution < -0.4 is 0 Å². The molecule has 3 heteroatoms. The molecule has 0 aliphatic heterocycles. The predicted octanol–water partition coefficient (Wildman–Crippen LogP) is 2.75. The topological polar surface area (TPSA) is 26.3 Å². The van der Waals surface area contributed by atoms with Gasteiger partial charge in [0, 0.05) is 5.33 Å². The number of esters is 1. The van der Waals surface area contributed by atoms with E-state index >= 15 is 0 Å². The number of ether oxygens (including phenoxy) is 1. The summed E-state index contributed by atoms with van der Waals surface area (Å²) in [6, 6.07) is 0. The minimum Gasteiger partial charge on any atom is -0.465 e. The predicted molar refractivity (Wildman–Crippen MR) is 53.4 cm³/mol. The first-order valence-electron chi connectivity index (χ1n) is 4.21. The molecule has 0 aromatic heterocycles. The highest BCUT2D eigenvalue weighted by molar-refractivity contribution is 9.09. The van der Waals surface area contributed by atoms with Crippen LogP contribution in [0.2, 0.25) is 0 Å². The maximum Gasteiger partial charge on any atom is 0.311 e. The monoisotopic (exact) mass is 236 g/mol. The summed E-state index contributed by atoms with van der Waals surface area (Å²) in [5, 5.41) is 0.972. The average molecular weight is 237 g/mol. The number of unbranched alkanes of at least 4 members (excludes halogenated alkanes) is 1. The molecule has 0 amide bonds. The van der Waals surface area contributed by atoms with Gasteiger partial charge in [-0.3, -0.25) is 4.79 Å². The van der Waals surface area contributed by atoms with Gasteiger partial charge in [-0.1, -0.05) is 15.9 Å². The molecule has 72 valence electrons. The highest BCUT2D eigenvalue weighted by Crippen LogP contribution is 2.15. The van der Waals surface area contributed by atoms with Crippen molar-refractivity contribution in [3.8, 4) is 0 Å². The van der Waals surface area contributed by atoms with Crippen molar-refractivity contribution in [3.05, 3.63) is 0 Å². The van der Waals surface area contributed by atoms with Gasteiger partial charge in [0.05, 0.1) is 12.0 Å². The van der Waals surface area contributed by atoms with Crippen molar-refractivity contribution < 1.29 is 9.53 Å². The molecule has 0 aromatic rings. The normalized spacial score (nSPS) is 11.3. The Hall–Kier alpha value is -0.0500. The zero-order chi connectivity index (χ0) is 9.61. The van der Waals surface area contributed by atoms with Crippen LogP contribution in [0.3, 0.4) is 0 Å². The lowest BCUT2D eigenvalue weighted by atomic mass is 9.97. The Kier molecular flexibility index (Phi) is 5.55. The van der Waals surface area contributed by atoms with Crippen molar-refractivity contribution in [1.29, 1.82) is 0 Å². The summed E-state index contributed by atoms with van der Waals surface area (Å²) in [6.07, 6.45) is 1.99. The van der Waals surface area contributed by atoms with Gasteiger partial charge >= 0.3 is 5.97 Å². The van der Waals surface area contributed by atoms with Crippen molar-refractivity contribution in [2.75, 3.05) is 11.9 Å². The highest BCUT2D eigenvalue weighted by Gasteiger charge is 2.22. The quantitative estimate of drug-likeness (QED) is 0.427. The van der Waals surface area contributed by atoms with E-state index < -0.39 is 0 Å². The summed E-state index contributed by atoms with van der Waals surface area (Å²) in [5.74, 6) is -0.114. The van der Waals surface area contributed by atoms with Crippen LogP contribution in [0.15, 0.2) is 0 Å². The summed E-state index contributed by atoms with van der Waals surface area (Å²) in [7, 11) is 0. The molecule has 0 spiro atoms. The van der Waals surface area contributed by atoms with E-state index in [-0.39, 0.29) is 11.4 Å². The van der Waals surface area contributed by atoms with E-state index in [9.17, 15) is 4.79 Å². The first kappa shape index (κ1) is 11.9. The fourth-order valence-electron chi connectivity index (χ4n) is 0.578. The van der Waals surface area contributed by atoms with Crippen LogP contribution in [0.4, 0.5) is 0 Å². The zero-order valence-corrected chi connectivity index (χ0v) is 9.61. The first-order valence-corrected chi connectivity index (χ1v) is 5.34. The molecular formula is C9H17BrO2. The molecule has 0 aliphatic carbocycles. The smallest absolute Gasteiger partial charge is 0.311 e. The fraction of sp³-hybridized carbons (Fsp3) is 0.889. The number of hydrogen-bond donors (Lipinski definition) is 0. The van der Waals surface area contributed by atoms with Gasteiger partial charge in [-0.15, -0.1) is 0 Å². The third-order valence-corrected chi connectivity index (χ3v) is 1.93. The van der Waals surface area contributed by atoms with E-state index in [1.165, 1.54) is 0 Å². The molecule has 12 heavy (non-hydrogen) atoms. The van der Waals surface area contributed by atoms with E-state index in [4.69, 9.17) is 4.74 Å². The Balaban J connectivity index is 3.45. The minimum atomic E-state index is -0.367. The Morgan fingerprint density at radius 1 is 1.33 bits per heavy atom. The first-order chi connectivity index (χ1) is 5.48. The third kappa shape index (κ3) is 5.58. The van der Waals surface area contributed by atoms with Crippen LogP contribution >= 0.6 is 15.9 Å². The Labute approximate surface area is 82.8 Å². The third-order valence-electron chi connectivity index (χ3n) is 1.37. The maximum atomic E-state index is 11.2. The number of carbonyl (C=O) groups is 1. The summed E-state index contributed by atoms with van der Waals surface area (Å²) in [6.45, 7) is 6.13. The second-order valence-corrected chi connectivity index (χ2v) is 4.58. The molecule has 0 heterocycles. The lowest BCUT2D eigenvalue weighted by Gasteiger charge is -2.16. The molecule has 0 rings (SSSR count). The van der Waals surface area contributed by atoms with Gasteiger partial charge in [-0.25, -0.2) is 0 Å². The highest BCUT2D eigenvalue weighted by atomic mass is 79.9. The van der Waals surface area contributed by atoms with Gasteiger partial charge in [0.15, 0.2) is 0 Å². The molecule has 0 aliphatic rings. The van der Waals surface area contributed by atoms with Crippen LogP contribution in [0.25, 0.3) is 0 Å². The Morgan fingerprint density at radius 3 is 2.33 bits per heavy atom. The van der Waals surface area contributed by atoms with E-state index in [1.807, 2.05) is 20.8 Å². The van der Waals surface area contributed by atoms with Crippen molar-refractivity contribution in [3.63, 3.8) is 0 Å². The summed E-state index contributed by atoms with van der Waals surface area (Å²) < 4.78 is 5.05. The molecule has 0 atom stereocenters. The maximum absolute atomic E-state index is 11.2. The number of carbonyl (C=O) groups excluding carboxylic acids is 1. The molecule has 0 aromatic carbocycles. The molecular weight excluding hydrogens is 220 g/mol. The van der Waals surface area contributed by atoms with E-state index in [0.29, 0.717) is 6.61 Å². The molecule has 0 bridgehead atoms. The lowest BCUT2D eigenvalue weighted by molar-refractivity contribution is -0.153. The molecule has 0 fully saturated rings. The second kappa shape index (κ2) is 5.57. The number of halogens is 1. The van der Waals surface area contributed by atoms with Crippen molar-refractivity contribution >= 4 is 21.9 Å². The molecule has 0 N–H and O–H groups in total. The van der Waals surface area contributed by atoms with Gasteiger partial charge in [0.1, 0.15) is 0 Å². The van der Waals surface area contributed by atoms with E-state index in [1.54, 1.807) is 0 Å². The van der Waals surface area contributed by atoms with Crippen LogP contribution in [0.5, 0.6) is 0 Å². The fourth-order valence-corrected chi connectivity index (χ4v) is 0.974. The van der Waals surface area contributed by atoms with E-state index in [0.717, 1.165) is 18.2 Å². The van der Waals surface area contributed by atoms with Crippen LogP contribution in [-0.4, -0.2) is 17.9 Å². The van der Waals surface area contributed by atoms with Gasteiger partial charge in [-0.2, -0.15) is 0 Å². The molecule has 0 unspecified atom stereocenters. The zero-order valence-electron chi connectivity index (χ0n) is 8.02. The van der Waals surface area contributed by atoms with Gasteiger partial charge in [-0.05, 0) is 33.6 Å². The molecule has 0 radical (unpaired) electrons. The number of alkyl halides is 1. The number of hydrogen-bond acceptors (Lipinski definition) is 2. The molecule has 0 saturated carbocycles. The Bertz CT molecular complexity index is 138. The largest absolute Gasteiger partial charge is 0.465 e. The standard InChI is InChI=1S/C9H17BrO2/c1-9(2,3)8(11)12-7-5-4-6-10/h4-7H2,1-3H3. The summed E-state index contributed by atoms with van der Waals surface area (Å²) in [5.41, 5.74) is -0.367. The molecule has 0 saturated heterocycles. The van der Waals surface area contributed by atoms with E-state index in [2.05, 4.69) is 15.9 Å². The summed E-state index contributed by atoms with van der Waals surface area (Å²) >= 11 is 3.32. The lowest BCUT2D eigenvalue weighted by Crippen LogP contribution is -2.23. The summed E-state index contributed by atoms with van der Waals surface area (Å²) in [4.78, 5) is 11.2. The van der Waals surface area contributed by atoms with Gasteiger partial charge in [0.2, 0.25) is 0 Å². The second-order valence-electron chi connectivity index (χ2n) is 3.78. The molecule has 2 nitrogen and oxygen atoms in total. The van der Waals surface area contributed by atoms with Crippen molar-refractivity contribution in [2.24, 2.45) is 5.41 Å². The van der Waals surface area contributed by atoms with Crippen LogP contribution in [-0.2, 0) is 9.53 Å². The van der Waals surface area contributed by atoms with Gasteiger partial charge < -0.3 is 4.74 Å². The van der Waals surface area contributed by atoms with Crippen LogP contribution in [0, 0.1) is 5.41 Å². The SMILES string of the molecule is CC(C)(C)C(=O)OCCCCBr. The number of rotatable bonds is 4. The van der Waals surface area contributed by atoms with Crippen LogP contribution in [0.1, 0.15) is 33.6 Å². The average Bonchev–Trinajstić information content (AvgIpc) is 1.96. The minimum absolute atomic E-state index is 0.114. The van der Waals surface area contributed by atoms with Crippen molar-refractivity contribution in [2.45, 2.75) is 33.6 Å². The van der Waals surface area contributed by atoms with Crippen molar-refractivity contribution in [1.82, 2.24) is 0 Å². The Morgan fingerprint density at radius 2 is 1.92 bits per heavy atom. The van der Waals surface area contributed by atoms with Gasteiger partial charge in [0.25, 0.3) is 0 Å².